The standard InChI is InChI=1S/C26H23N5OS/c1-3-9-19(10-4-1)17-30-25(24-15-8-16-32-24)27-28-26(30)33-18-22-21-13-7-14-23(21)31(29-22)20-11-5-2-6-12-20/h1-6,8-12,15-16H,7,13-14,17-18H2. The number of para-hydroxylation sites is 1. The molecule has 0 spiro atoms. The maximum Gasteiger partial charge on any atom is 0.200 e. The zero-order valence-corrected chi connectivity index (χ0v) is 18.9. The maximum absolute atomic E-state index is 5.64. The number of hydrogen-bond acceptors (Lipinski definition) is 5. The van der Waals surface area contributed by atoms with Gasteiger partial charge < -0.3 is 4.42 Å². The van der Waals surface area contributed by atoms with Gasteiger partial charge in [0.15, 0.2) is 10.9 Å². The second-order valence-electron chi connectivity index (χ2n) is 8.12. The third kappa shape index (κ3) is 3.89. The Morgan fingerprint density at radius 1 is 0.879 bits per heavy atom. The molecule has 6 rings (SSSR count). The summed E-state index contributed by atoms with van der Waals surface area (Å²) in [6.45, 7) is 0.683. The van der Waals surface area contributed by atoms with Gasteiger partial charge in [-0.3, -0.25) is 4.57 Å². The van der Waals surface area contributed by atoms with Crippen LogP contribution in [0.5, 0.6) is 0 Å². The van der Waals surface area contributed by atoms with E-state index in [1.165, 1.54) is 23.2 Å². The summed E-state index contributed by atoms with van der Waals surface area (Å²) in [7, 11) is 0. The second-order valence-corrected chi connectivity index (χ2v) is 9.06. The maximum atomic E-state index is 5.64. The lowest BCUT2D eigenvalue weighted by molar-refractivity contribution is 0.569. The molecule has 3 aromatic heterocycles. The molecule has 5 aromatic rings. The van der Waals surface area contributed by atoms with Crippen LogP contribution in [0.1, 0.15) is 28.9 Å². The van der Waals surface area contributed by atoms with Crippen LogP contribution >= 0.6 is 11.8 Å². The third-order valence-corrected chi connectivity index (χ3v) is 6.97. The lowest BCUT2D eigenvalue weighted by Gasteiger charge is -2.09. The van der Waals surface area contributed by atoms with Gasteiger partial charge in [-0.2, -0.15) is 5.10 Å². The molecule has 1 aliphatic carbocycles. The first-order valence-electron chi connectivity index (χ1n) is 11.2. The highest BCUT2D eigenvalue weighted by molar-refractivity contribution is 7.98. The molecule has 0 fully saturated rings. The van der Waals surface area contributed by atoms with E-state index in [0.29, 0.717) is 6.54 Å². The molecule has 0 bridgehead atoms. The Kier molecular flexibility index (Phi) is 5.32. The van der Waals surface area contributed by atoms with Gasteiger partial charge in [-0.05, 0) is 54.7 Å². The first kappa shape index (κ1) is 20.1. The summed E-state index contributed by atoms with van der Waals surface area (Å²) in [6.07, 6.45) is 5.02. The fourth-order valence-electron chi connectivity index (χ4n) is 4.44. The average molecular weight is 454 g/mol. The zero-order chi connectivity index (χ0) is 22.0. The molecular formula is C26H23N5OS. The minimum atomic E-state index is 0.683. The highest BCUT2D eigenvalue weighted by atomic mass is 32.2. The van der Waals surface area contributed by atoms with E-state index in [-0.39, 0.29) is 0 Å². The lowest BCUT2D eigenvalue weighted by Crippen LogP contribution is -2.04. The van der Waals surface area contributed by atoms with Gasteiger partial charge in [0.05, 0.1) is 24.2 Å². The monoisotopic (exact) mass is 453 g/mol. The van der Waals surface area contributed by atoms with E-state index in [1.54, 1.807) is 18.0 Å². The summed E-state index contributed by atoms with van der Waals surface area (Å²) in [5.41, 5.74) is 6.20. The Labute approximate surface area is 196 Å². The molecule has 0 N–H and O–H groups in total. The van der Waals surface area contributed by atoms with Crippen LogP contribution in [-0.2, 0) is 25.1 Å². The van der Waals surface area contributed by atoms with E-state index in [4.69, 9.17) is 9.52 Å². The predicted molar refractivity (Wildman–Crippen MR) is 128 cm³/mol. The molecule has 7 heteroatoms. The second kappa shape index (κ2) is 8.75. The largest absolute Gasteiger partial charge is 0.461 e. The smallest absolute Gasteiger partial charge is 0.200 e. The molecule has 0 aliphatic heterocycles. The number of aromatic nitrogens is 5. The SMILES string of the molecule is c1ccc(Cn2c(SCc3nn(-c4ccccc4)c4c3CCC4)nnc2-c2ccco2)cc1. The number of furan rings is 1. The summed E-state index contributed by atoms with van der Waals surface area (Å²) < 4.78 is 9.90. The van der Waals surface area contributed by atoms with Gasteiger partial charge in [-0.25, -0.2) is 4.68 Å². The van der Waals surface area contributed by atoms with Crippen molar-refractivity contribution in [3.8, 4) is 17.3 Å². The van der Waals surface area contributed by atoms with Crippen LogP contribution in [0.25, 0.3) is 17.3 Å². The van der Waals surface area contributed by atoms with Crippen LogP contribution in [0, 0.1) is 0 Å². The van der Waals surface area contributed by atoms with Crippen molar-refractivity contribution in [2.75, 3.05) is 0 Å². The number of rotatable bonds is 7. The molecule has 3 heterocycles. The molecule has 33 heavy (non-hydrogen) atoms. The average Bonchev–Trinajstić information content (AvgIpc) is 3.64. The van der Waals surface area contributed by atoms with Gasteiger partial charge in [0.25, 0.3) is 0 Å². The Morgan fingerprint density at radius 3 is 2.48 bits per heavy atom. The van der Waals surface area contributed by atoms with Crippen LogP contribution in [0.2, 0.25) is 0 Å². The Balaban J connectivity index is 1.31. The van der Waals surface area contributed by atoms with Gasteiger partial charge >= 0.3 is 0 Å². The molecule has 0 unspecified atom stereocenters. The molecule has 2 aromatic carbocycles. The third-order valence-electron chi connectivity index (χ3n) is 5.99. The fraction of sp³-hybridized carbons (Fsp3) is 0.192. The van der Waals surface area contributed by atoms with Gasteiger partial charge in [0, 0.05) is 11.4 Å². The molecule has 164 valence electrons. The summed E-state index contributed by atoms with van der Waals surface area (Å²) in [4.78, 5) is 0. The number of fused-ring (bicyclic) bond motifs is 1. The highest BCUT2D eigenvalue weighted by Crippen LogP contribution is 2.33. The van der Waals surface area contributed by atoms with Crippen molar-refractivity contribution in [1.82, 2.24) is 24.5 Å². The summed E-state index contributed by atoms with van der Waals surface area (Å²) in [5.74, 6) is 2.22. The van der Waals surface area contributed by atoms with Crippen molar-refractivity contribution in [2.45, 2.75) is 36.7 Å². The van der Waals surface area contributed by atoms with Crippen molar-refractivity contribution in [3.05, 3.63) is 102 Å². The van der Waals surface area contributed by atoms with Gasteiger partial charge in [-0.1, -0.05) is 60.3 Å². The van der Waals surface area contributed by atoms with Crippen LogP contribution in [0.15, 0.2) is 88.6 Å². The molecule has 6 nitrogen and oxygen atoms in total. The number of benzene rings is 2. The van der Waals surface area contributed by atoms with E-state index in [9.17, 15) is 0 Å². The number of nitrogens with zero attached hydrogens (tertiary/aromatic N) is 5. The van der Waals surface area contributed by atoms with Crippen LogP contribution in [0.4, 0.5) is 0 Å². The summed E-state index contributed by atoms with van der Waals surface area (Å²) >= 11 is 1.68. The van der Waals surface area contributed by atoms with Crippen molar-refractivity contribution < 1.29 is 4.42 Å². The molecule has 0 saturated heterocycles. The van der Waals surface area contributed by atoms with Crippen LogP contribution in [-0.4, -0.2) is 24.5 Å². The lowest BCUT2D eigenvalue weighted by atomic mass is 10.2. The van der Waals surface area contributed by atoms with Gasteiger partial charge in [0.1, 0.15) is 0 Å². The normalized spacial score (nSPS) is 12.8. The predicted octanol–water partition coefficient (Wildman–Crippen LogP) is 5.55. The van der Waals surface area contributed by atoms with Crippen molar-refractivity contribution >= 4 is 11.8 Å². The molecule has 0 saturated carbocycles. The minimum absolute atomic E-state index is 0.683. The van der Waals surface area contributed by atoms with E-state index >= 15 is 0 Å². The van der Waals surface area contributed by atoms with Gasteiger partial charge in [-0.15, -0.1) is 10.2 Å². The first-order chi connectivity index (χ1) is 16.4. The molecule has 0 atom stereocenters. The Hall–Kier alpha value is -3.58. The van der Waals surface area contributed by atoms with E-state index in [1.807, 2.05) is 24.3 Å². The van der Waals surface area contributed by atoms with Gasteiger partial charge in [0.2, 0.25) is 5.82 Å². The first-order valence-corrected chi connectivity index (χ1v) is 12.1. The van der Waals surface area contributed by atoms with E-state index in [2.05, 4.69) is 68.0 Å². The summed E-state index contributed by atoms with van der Waals surface area (Å²) in [5, 5.41) is 14.9. The quantitative estimate of drug-likeness (QED) is 0.302. The van der Waals surface area contributed by atoms with E-state index < -0.39 is 0 Å². The van der Waals surface area contributed by atoms with Crippen molar-refractivity contribution in [2.24, 2.45) is 0 Å². The van der Waals surface area contributed by atoms with Crippen LogP contribution < -0.4 is 0 Å². The number of thioether (sulfide) groups is 1. The van der Waals surface area contributed by atoms with E-state index in [0.717, 1.165) is 46.7 Å². The number of hydrogen-bond donors (Lipinski definition) is 0. The van der Waals surface area contributed by atoms with Crippen LogP contribution in [0.3, 0.4) is 0 Å². The van der Waals surface area contributed by atoms with Crippen molar-refractivity contribution in [3.63, 3.8) is 0 Å². The zero-order valence-electron chi connectivity index (χ0n) is 18.1. The van der Waals surface area contributed by atoms with Crippen molar-refractivity contribution in [1.29, 1.82) is 0 Å². The molecule has 1 aliphatic rings. The molecule has 0 radical (unpaired) electrons. The fourth-order valence-corrected chi connectivity index (χ4v) is 5.34. The minimum Gasteiger partial charge on any atom is -0.461 e. The Bertz CT molecular complexity index is 1360. The molecule has 0 amide bonds. The molecular weight excluding hydrogens is 430 g/mol. The Morgan fingerprint density at radius 2 is 1.70 bits per heavy atom. The topological polar surface area (TPSA) is 61.7 Å². The highest BCUT2D eigenvalue weighted by Gasteiger charge is 2.24. The summed E-state index contributed by atoms with van der Waals surface area (Å²) in [6, 6.07) is 24.6.